The lowest BCUT2D eigenvalue weighted by Gasteiger charge is -2.32. The summed E-state index contributed by atoms with van der Waals surface area (Å²) in [6, 6.07) is 0.406. The Labute approximate surface area is 73.2 Å². The smallest absolute Gasteiger partial charge is 0.131 e. The van der Waals surface area contributed by atoms with Gasteiger partial charge in [0, 0.05) is 18.5 Å². The zero-order chi connectivity index (χ0) is 9.14. The van der Waals surface area contributed by atoms with Crippen LogP contribution in [0.4, 0.5) is 0 Å². The zero-order valence-electron chi connectivity index (χ0n) is 7.71. The molecule has 1 aliphatic heterocycles. The van der Waals surface area contributed by atoms with Gasteiger partial charge in [0.05, 0.1) is 6.10 Å². The summed E-state index contributed by atoms with van der Waals surface area (Å²) in [5.74, 6) is 0.219. The number of rotatable bonds is 2. The topological polar surface area (TPSA) is 49.3 Å². The van der Waals surface area contributed by atoms with Gasteiger partial charge in [-0.3, -0.25) is 4.79 Å². The van der Waals surface area contributed by atoms with Crippen molar-refractivity contribution < 1.29 is 9.90 Å². The molecule has 3 heteroatoms. The fraction of sp³-hybridized carbons (Fsp3) is 0.889. The first-order valence-electron chi connectivity index (χ1n) is 4.53. The van der Waals surface area contributed by atoms with E-state index in [0.717, 1.165) is 12.8 Å². The number of Topliss-reactive ketones (excluding diaryl/α,β-unsaturated/α-hetero) is 1. The van der Waals surface area contributed by atoms with E-state index in [2.05, 4.69) is 5.32 Å². The number of piperidine rings is 1. The number of ketones is 1. The Morgan fingerprint density at radius 3 is 2.75 bits per heavy atom. The Morgan fingerprint density at radius 1 is 1.58 bits per heavy atom. The Bertz CT molecular complexity index is 170. The summed E-state index contributed by atoms with van der Waals surface area (Å²) in [5.41, 5.74) is 0. The number of carbonyl (C=O) groups is 1. The van der Waals surface area contributed by atoms with E-state index in [1.165, 1.54) is 0 Å². The molecule has 2 N–H and O–H groups in total. The van der Waals surface area contributed by atoms with E-state index >= 15 is 0 Å². The molecule has 0 aromatic carbocycles. The lowest BCUT2D eigenvalue weighted by atomic mass is 9.94. The van der Waals surface area contributed by atoms with E-state index in [4.69, 9.17) is 0 Å². The second kappa shape index (κ2) is 4.01. The van der Waals surface area contributed by atoms with Gasteiger partial charge < -0.3 is 10.4 Å². The first-order valence-corrected chi connectivity index (χ1v) is 4.53. The van der Waals surface area contributed by atoms with Crippen LogP contribution in [-0.2, 0) is 4.79 Å². The first-order chi connectivity index (χ1) is 5.59. The summed E-state index contributed by atoms with van der Waals surface area (Å²) in [6.45, 7) is 3.56. The van der Waals surface area contributed by atoms with Crippen LogP contribution in [0.25, 0.3) is 0 Å². The van der Waals surface area contributed by atoms with Crippen molar-refractivity contribution in [1.82, 2.24) is 5.32 Å². The van der Waals surface area contributed by atoms with Crippen molar-refractivity contribution >= 4 is 5.78 Å². The average Bonchev–Trinajstić information content (AvgIpc) is 1.96. The van der Waals surface area contributed by atoms with E-state index in [1.807, 2.05) is 6.92 Å². The molecular weight excluding hydrogens is 154 g/mol. The van der Waals surface area contributed by atoms with Gasteiger partial charge in [0.15, 0.2) is 0 Å². The molecular formula is C9H17NO2. The second-order valence-electron chi connectivity index (χ2n) is 3.70. The molecule has 0 saturated carbocycles. The Balaban J connectivity index is 2.35. The van der Waals surface area contributed by atoms with E-state index in [-0.39, 0.29) is 24.0 Å². The molecule has 0 unspecified atom stereocenters. The molecule has 0 aromatic rings. The minimum atomic E-state index is -0.242. The van der Waals surface area contributed by atoms with Gasteiger partial charge in [-0.2, -0.15) is 0 Å². The maximum Gasteiger partial charge on any atom is 0.131 e. The maximum atomic E-state index is 10.8. The van der Waals surface area contributed by atoms with Crippen LogP contribution in [0.5, 0.6) is 0 Å². The third-order valence-electron chi connectivity index (χ3n) is 2.42. The summed E-state index contributed by atoms with van der Waals surface area (Å²) in [4.78, 5) is 10.8. The number of nitrogens with one attached hydrogen (secondary N) is 1. The maximum absolute atomic E-state index is 10.8. The van der Waals surface area contributed by atoms with Crippen LogP contribution in [0.15, 0.2) is 0 Å². The lowest BCUT2D eigenvalue weighted by Crippen LogP contribution is -2.49. The number of hydrogen-bond donors (Lipinski definition) is 2. The van der Waals surface area contributed by atoms with Crippen molar-refractivity contribution in [3.63, 3.8) is 0 Å². The number of hydrogen-bond acceptors (Lipinski definition) is 3. The molecule has 12 heavy (non-hydrogen) atoms. The molecule has 0 spiro atoms. The summed E-state index contributed by atoms with van der Waals surface area (Å²) in [5, 5.41) is 12.6. The van der Waals surface area contributed by atoms with Gasteiger partial charge in [-0.05, 0) is 26.7 Å². The van der Waals surface area contributed by atoms with E-state index in [9.17, 15) is 9.90 Å². The SMILES string of the molecule is CC(=O)C[C@H]1CC[C@@H](O)[C@@H](C)N1. The highest BCUT2D eigenvalue weighted by Gasteiger charge is 2.25. The predicted octanol–water partition coefficient (Wildman–Crippen LogP) is 0.467. The third kappa shape index (κ3) is 2.57. The highest BCUT2D eigenvalue weighted by molar-refractivity contribution is 5.76. The summed E-state index contributed by atoms with van der Waals surface area (Å²) in [6.07, 6.45) is 2.07. The molecule has 1 rings (SSSR count). The molecule has 3 nitrogen and oxygen atoms in total. The monoisotopic (exact) mass is 171 g/mol. The number of aliphatic hydroxyl groups excluding tert-OH is 1. The molecule has 1 aliphatic rings. The van der Waals surface area contributed by atoms with E-state index < -0.39 is 0 Å². The third-order valence-corrected chi connectivity index (χ3v) is 2.42. The van der Waals surface area contributed by atoms with Crippen molar-refractivity contribution in [2.75, 3.05) is 0 Å². The normalized spacial score (nSPS) is 36.4. The van der Waals surface area contributed by atoms with Gasteiger partial charge in [-0.1, -0.05) is 0 Å². The Hall–Kier alpha value is -0.410. The van der Waals surface area contributed by atoms with Crippen LogP contribution in [-0.4, -0.2) is 29.1 Å². The highest BCUT2D eigenvalue weighted by Crippen LogP contribution is 2.15. The van der Waals surface area contributed by atoms with Gasteiger partial charge in [0.2, 0.25) is 0 Å². The molecule has 1 heterocycles. The minimum Gasteiger partial charge on any atom is -0.392 e. The molecule has 0 bridgehead atoms. The lowest BCUT2D eigenvalue weighted by molar-refractivity contribution is -0.117. The van der Waals surface area contributed by atoms with Gasteiger partial charge in [-0.25, -0.2) is 0 Å². The fourth-order valence-corrected chi connectivity index (χ4v) is 1.70. The molecule has 0 aromatic heterocycles. The van der Waals surface area contributed by atoms with Gasteiger partial charge in [-0.15, -0.1) is 0 Å². The summed E-state index contributed by atoms with van der Waals surface area (Å²) < 4.78 is 0. The summed E-state index contributed by atoms with van der Waals surface area (Å²) in [7, 11) is 0. The second-order valence-corrected chi connectivity index (χ2v) is 3.70. The van der Waals surface area contributed by atoms with Crippen LogP contribution >= 0.6 is 0 Å². The van der Waals surface area contributed by atoms with Crippen LogP contribution in [0.2, 0.25) is 0 Å². The van der Waals surface area contributed by atoms with Gasteiger partial charge in [0.1, 0.15) is 5.78 Å². The van der Waals surface area contributed by atoms with E-state index in [1.54, 1.807) is 6.92 Å². The van der Waals surface area contributed by atoms with Crippen molar-refractivity contribution in [3.05, 3.63) is 0 Å². The molecule has 0 aliphatic carbocycles. The quantitative estimate of drug-likeness (QED) is 0.635. The van der Waals surface area contributed by atoms with Crippen LogP contribution in [0.1, 0.15) is 33.1 Å². The molecule has 1 saturated heterocycles. The summed E-state index contributed by atoms with van der Waals surface area (Å²) >= 11 is 0. The average molecular weight is 171 g/mol. The molecule has 0 amide bonds. The Morgan fingerprint density at radius 2 is 2.25 bits per heavy atom. The van der Waals surface area contributed by atoms with Crippen molar-refractivity contribution in [2.24, 2.45) is 0 Å². The predicted molar refractivity (Wildman–Crippen MR) is 46.9 cm³/mol. The first kappa shape index (κ1) is 9.68. The zero-order valence-corrected chi connectivity index (χ0v) is 7.71. The van der Waals surface area contributed by atoms with Crippen LogP contribution in [0.3, 0.4) is 0 Å². The van der Waals surface area contributed by atoms with E-state index in [0.29, 0.717) is 6.42 Å². The van der Waals surface area contributed by atoms with Crippen LogP contribution < -0.4 is 5.32 Å². The number of carbonyl (C=O) groups excluding carboxylic acids is 1. The van der Waals surface area contributed by atoms with Crippen LogP contribution in [0, 0.1) is 0 Å². The highest BCUT2D eigenvalue weighted by atomic mass is 16.3. The van der Waals surface area contributed by atoms with Crippen molar-refractivity contribution in [2.45, 2.75) is 51.3 Å². The van der Waals surface area contributed by atoms with Crippen molar-refractivity contribution in [1.29, 1.82) is 0 Å². The molecule has 1 fully saturated rings. The minimum absolute atomic E-state index is 0.128. The van der Waals surface area contributed by atoms with Gasteiger partial charge in [0.25, 0.3) is 0 Å². The number of aliphatic hydroxyl groups is 1. The van der Waals surface area contributed by atoms with Gasteiger partial charge >= 0.3 is 0 Å². The van der Waals surface area contributed by atoms with Crippen molar-refractivity contribution in [3.8, 4) is 0 Å². The molecule has 0 radical (unpaired) electrons. The molecule has 3 atom stereocenters. The Kier molecular flexibility index (Phi) is 3.23. The standard InChI is InChI=1S/C9H17NO2/c1-6(11)5-8-3-4-9(12)7(2)10-8/h7-10,12H,3-5H2,1-2H3/t7-,8-,9-/m1/s1. The largest absolute Gasteiger partial charge is 0.392 e. The fourth-order valence-electron chi connectivity index (χ4n) is 1.70. The molecule has 70 valence electrons.